The molecule has 1 aliphatic carbocycles. The molecule has 2 N–H and O–H groups in total. The number of carbonyl (C=O) groups is 1. The van der Waals surface area contributed by atoms with Gasteiger partial charge >= 0.3 is 5.97 Å². The number of hydrogen-bond acceptors (Lipinski definition) is 3. The molecule has 0 aliphatic heterocycles. The average molecular weight is 287 g/mol. The summed E-state index contributed by atoms with van der Waals surface area (Å²) in [7, 11) is -3.61. The van der Waals surface area contributed by atoms with Gasteiger partial charge in [0.05, 0.1) is 11.2 Å². The molecular weight excluding hydrogens is 273 g/mol. The second-order valence-electron chi connectivity index (χ2n) is 4.79. The molecule has 2 rings (SSSR count). The molecule has 0 heterocycles. The van der Waals surface area contributed by atoms with E-state index in [9.17, 15) is 17.6 Å². The summed E-state index contributed by atoms with van der Waals surface area (Å²) in [4.78, 5) is 10.9. The fraction of sp³-hybridized carbons (Fsp3) is 0.417. The van der Waals surface area contributed by atoms with Crippen molar-refractivity contribution in [1.82, 2.24) is 4.72 Å². The van der Waals surface area contributed by atoms with E-state index in [0.717, 1.165) is 0 Å². The summed E-state index contributed by atoms with van der Waals surface area (Å²) in [6.45, 7) is -0.0914. The summed E-state index contributed by atoms with van der Waals surface area (Å²) in [6, 6.07) is 5.15. The van der Waals surface area contributed by atoms with Crippen LogP contribution in [-0.4, -0.2) is 26.0 Å². The standard InChI is InChI=1S/C12H14FNO4S/c13-10-3-1-9(2-4-10)7-19(17,18)14-8-12(5-6-12)11(15)16/h1-4,14H,5-8H2,(H,15,16). The summed E-state index contributed by atoms with van der Waals surface area (Å²) in [5.74, 6) is -1.70. The van der Waals surface area contributed by atoms with Crippen molar-refractivity contribution in [3.63, 3.8) is 0 Å². The van der Waals surface area contributed by atoms with Gasteiger partial charge < -0.3 is 5.11 Å². The predicted octanol–water partition coefficient (Wildman–Crippen LogP) is 1.11. The number of sulfonamides is 1. The second kappa shape index (κ2) is 4.90. The number of carboxylic acid groups (broad SMARTS) is 1. The van der Waals surface area contributed by atoms with Gasteiger partial charge in [-0.2, -0.15) is 0 Å². The zero-order valence-electron chi connectivity index (χ0n) is 10.1. The Bertz CT molecular complexity index is 578. The predicted molar refractivity (Wildman–Crippen MR) is 66.3 cm³/mol. The van der Waals surface area contributed by atoms with Gasteiger partial charge in [0.15, 0.2) is 0 Å². The van der Waals surface area contributed by atoms with Crippen LogP contribution in [0.2, 0.25) is 0 Å². The number of carboxylic acids is 1. The first-order valence-corrected chi connectivity index (χ1v) is 7.43. The van der Waals surface area contributed by atoms with Crippen molar-refractivity contribution in [2.24, 2.45) is 5.41 Å². The number of halogens is 1. The van der Waals surface area contributed by atoms with Gasteiger partial charge in [0.25, 0.3) is 0 Å². The minimum absolute atomic E-state index is 0.0914. The van der Waals surface area contributed by atoms with Crippen molar-refractivity contribution in [2.45, 2.75) is 18.6 Å². The van der Waals surface area contributed by atoms with Gasteiger partial charge in [0, 0.05) is 6.54 Å². The molecule has 1 aromatic rings. The molecule has 1 aromatic carbocycles. The quantitative estimate of drug-likeness (QED) is 0.821. The molecule has 0 amide bonds. The van der Waals surface area contributed by atoms with E-state index in [0.29, 0.717) is 18.4 Å². The average Bonchev–Trinajstić information content (AvgIpc) is 3.11. The van der Waals surface area contributed by atoms with E-state index in [1.807, 2.05) is 0 Å². The Morgan fingerprint density at radius 2 is 1.89 bits per heavy atom. The van der Waals surface area contributed by atoms with E-state index in [1.165, 1.54) is 24.3 Å². The Balaban J connectivity index is 1.96. The number of benzene rings is 1. The highest BCUT2D eigenvalue weighted by Gasteiger charge is 2.50. The lowest BCUT2D eigenvalue weighted by Gasteiger charge is -2.11. The highest BCUT2D eigenvalue weighted by Crippen LogP contribution is 2.45. The van der Waals surface area contributed by atoms with Gasteiger partial charge in [-0.15, -0.1) is 0 Å². The van der Waals surface area contributed by atoms with Crippen LogP contribution in [0, 0.1) is 11.2 Å². The summed E-state index contributed by atoms with van der Waals surface area (Å²) in [5.41, 5.74) is -0.482. The van der Waals surface area contributed by atoms with Crippen LogP contribution in [0.4, 0.5) is 4.39 Å². The van der Waals surface area contributed by atoms with Gasteiger partial charge in [0.1, 0.15) is 5.82 Å². The van der Waals surface area contributed by atoms with Crippen molar-refractivity contribution in [3.05, 3.63) is 35.6 Å². The van der Waals surface area contributed by atoms with Gasteiger partial charge in [0.2, 0.25) is 10.0 Å². The first-order valence-electron chi connectivity index (χ1n) is 5.78. The van der Waals surface area contributed by atoms with Crippen LogP contribution in [0.25, 0.3) is 0 Å². The largest absolute Gasteiger partial charge is 0.481 e. The topological polar surface area (TPSA) is 83.5 Å². The van der Waals surface area contributed by atoms with Crippen molar-refractivity contribution in [2.75, 3.05) is 6.54 Å². The van der Waals surface area contributed by atoms with E-state index in [1.54, 1.807) is 0 Å². The minimum atomic E-state index is -3.61. The molecule has 1 saturated carbocycles. The zero-order chi connectivity index (χ0) is 14.1. The Labute approximate surface area is 110 Å². The zero-order valence-corrected chi connectivity index (χ0v) is 10.9. The highest BCUT2D eigenvalue weighted by molar-refractivity contribution is 7.88. The van der Waals surface area contributed by atoms with Crippen LogP contribution in [0.3, 0.4) is 0 Å². The van der Waals surface area contributed by atoms with Crippen LogP contribution in [0.1, 0.15) is 18.4 Å². The van der Waals surface area contributed by atoms with Crippen molar-refractivity contribution in [3.8, 4) is 0 Å². The summed E-state index contributed by atoms with van der Waals surface area (Å²) in [5, 5.41) is 8.94. The van der Waals surface area contributed by atoms with Gasteiger partial charge in [-0.25, -0.2) is 17.5 Å². The third-order valence-corrected chi connectivity index (χ3v) is 4.51. The fourth-order valence-corrected chi connectivity index (χ4v) is 2.95. The molecule has 104 valence electrons. The van der Waals surface area contributed by atoms with Crippen LogP contribution in [-0.2, 0) is 20.6 Å². The van der Waals surface area contributed by atoms with E-state index in [-0.39, 0.29) is 12.3 Å². The third-order valence-electron chi connectivity index (χ3n) is 3.21. The first-order chi connectivity index (χ1) is 8.83. The maximum Gasteiger partial charge on any atom is 0.310 e. The highest BCUT2D eigenvalue weighted by atomic mass is 32.2. The summed E-state index contributed by atoms with van der Waals surface area (Å²) >= 11 is 0. The number of rotatable bonds is 6. The molecule has 0 radical (unpaired) electrons. The first kappa shape index (κ1) is 14.0. The van der Waals surface area contributed by atoms with Gasteiger partial charge in [-0.3, -0.25) is 4.79 Å². The Morgan fingerprint density at radius 1 is 1.32 bits per heavy atom. The smallest absolute Gasteiger partial charge is 0.310 e. The molecule has 0 unspecified atom stereocenters. The maximum absolute atomic E-state index is 12.7. The molecule has 1 aliphatic rings. The van der Waals surface area contributed by atoms with E-state index >= 15 is 0 Å². The van der Waals surface area contributed by atoms with Crippen LogP contribution in [0.5, 0.6) is 0 Å². The number of nitrogens with one attached hydrogen (secondary N) is 1. The molecule has 1 fully saturated rings. The molecular formula is C12H14FNO4S. The lowest BCUT2D eigenvalue weighted by molar-refractivity contribution is -0.143. The van der Waals surface area contributed by atoms with Crippen molar-refractivity contribution in [1.29, 1.82) is 0 Å². The summed E-state index contributed by atoms with van der Waals surface area (Å²) < 4.78 is 38.6. The van der Waals surface area contributed by atoms with Gasteiger partial charge in [-0.05, 0) is 30.5 Å². The second-order valence-corrected chi connectivity index (χ2v) is 6.60. The van der Waals surface area contributed by atoms with Crippen LogP contribution < -0.4 is 4.72 Å². The minimum Gasteiger partial charge on any atom is -0.481 e. The third kappa shape index (κ3) is 3.51. The molecule has 0 spiro atoms. The van der Waals surface area contributed by atoms with Crippen molar-refractivity contribution >= 4 is 16.0 Å². The van der Waals surface area contributed by atoms with Gasteiger partial charge in [-0.1, -0.05) is 12.1 Å². The molecule has 7 heteroatoms. The van der Waals surface area contributed by atoms with E-state index in [4.69, 9.17) is 5.11 Å². The molecule has 5 nitrogen and oxygen atoms in total. The molecule has 0 aromatic heterocycles. The Kier molecular flexibility index (Phi) is 3.60. The molecule has 19 heavy (non-hydrogen) atoms. The van der Waals surface area contributed by atoms with Crippen LogP contribution >= 0.6 is 0 Å². The number of aliphatic carboxylic acids is 1. The number of hydrogen-bond donors (Lipinski definition) is 2. The SMILES string of the molecule is O=C(O)C1(CNS(=O)(=O)Cc2ccc(F)cc2)CC1. The molecule has 0 saturated heterocycles. The van der Waals surface area contributed by atoms with E-state index < -0.39 is 27.2 Å². The van der Waals surface area contributed by atoms with Crippen molar-refractivity contribution < 1.29 is 22.7 Å². The Hall–Kier alpha value is -1.47. The molecule has 0 bridgehead atoms. The van der Waals surface area contributed by atoms with E-state index in [2.05, 4.69) is 4.72 Å². The normalized spacial score (nSPS) is 17.1. The molecule has 0 atom stereocenters. The summed E-state index contributed by atoms with van der Waals surface area (Å²) in [6.07, 6.45) is 0.975. The lowest BCUT2D eigenvalue weighted by atomic mass is 10.1. The maximum atomic E-state index is 12.7. The lowest BCUT2D eigenvalue weighted by Crippen LogP contribution is -2.34. The fourth-order valence-electron chi connectivity index (χ4n) is 1.72. The Morgan fingerprint density at radius 3 is 2.37 bits per heavy atom. The monoisotopic (exact) mass is 287 g/mol. The van der Waals surface area contributed by atoms with Crippen LogP contribution in [0.15, 0.2) is 24.3 Å².